The lowest BCUT2D eigenvalue weighted by molar-refractivity contribution is 0.607. The standard InChI is InChI=1S/C6H7ClN2O2S/c1-9(12(7,10)11)6-4-2-3-5-8-6/h2-5H,1H3. The third-order valence-electron chi connectivity index (χ3n) is 1.30. The highest BCUT2D eigenvalue weighted by atomic mass is 35.7. The van der Waals surface area contributed by atoms with E-state index in [9.17, 15) is 8.42 Å². The van der Waals surface area contributed by atoms with Gasteiger partial charge in [0, 0.05) is 23.9 Å². The first-order valence-corrected chi connectivity index (χ1v) is 5.38. The Morgan fingerprint density at radius 2 is 2.17 bits per heavy atom. The summed E-state index contributed by atoms with van der Waals surface area (Å²) in [6.07, 6.45) is 1.49. The van der Waals surface area contributed by atoms with Crippen molar-refractivity contribution in [1.29, 1.82) is 0 Å². The minimum atomic E-state index is -3.71. The van der Waals surface area contributed by atoms with Crippen molar-refractivity contribution in [3.05, 3.63) is 24.4 Å². The molecule has 12 heavy (non-hydrogen) atoms. The van der Waals surface area contributed by atoms with Crippen molar-refractivity contribution >= 4 is 25.7 Å². The molecule has 0 fully saturated rings. The zero-order valence-corrected chi connectivity index (χ0v) is 7.88. The van der Waals surface area contributed by atoms with E-state index in [2.05, 4.69) is 4.98 Å². The monoisotopic (exact) mass is 206 g/mol. The van der Waals surface area contributed by atoms with Crippen LogP contribution in [0.4, 0.5) is 5.82 Å². The number of rotatable bonds is 2. The molecule has 0 saturated carbocycles. The first-order valence-electron chi connectivity index (χ1n) is 3.11. The predicted molar refractivity (Wildman–Crippen MR) is 47.4 cm³/mol. The smallest absolute Gasteiger partial charge is 0.244 e. The van der Waals surface area contributed by atoms with Crippen molar-refractivity contribution in [2.45, 2.75) is 0 Å². The largest absolute Gasteiger partial charge is 0.322 e. The fourth-order valence-corrected chi connectivity index (χ4v) is 1.20. The number of hydrogen-bond donors (Lipinski definition) is 0. The highest BCUT2D eigenvalue weighted by molar-refractivity contribution is 8.14. The van der Waals surface area contributed by atoms with Gasteiger partial charge in [0.2, 0.25) is 0 Å². The molecule has 1 rings (SSSR count). The van der Waals surface area contributed by atoms with Crippen molar-refractivity contribution in [3.8, 4) is 0 Å². The Bertz CT molecular complexity index is 351. The van der Waals surface area contributed by atoms with E-state index < -0.39 is 9.24 Å². The maximum absolute atomic E-state index is 10.8. The maximum atomic E-state index is 10.8. The zero-order valence-electron chi connectivity index (χ0n) is 6.31. The summed E-state index contributed by atoms with van der Waals surface area (Å²) in [4.78, 5) is 3.81. The predicted octanol–water partition coefficient (Wildman–Crippen LogP) is 1.00. The van der Waals surface area contributed by atoms with Crippen LogP contribution in [0.1, 0.15) is 0 Å². The number of aromatic nitrogens is 1. The molecule has 0 atom stereocenters. The maximum Gasteiger partial charge on any atom is 0.322 e. The van der Waals surface area contributed by atoms with E-state index in [-0.39, 0.29) is 0 Å². The molecule has 1 heterocycles. The van der Waals surface area contributed by atoms with Crippen molar-refractivity contribution in [2.75, 3.05) is 11.4 Å². The molecule has 0 saturated heterocycles. The molecule has 6 heteroatoms. The Kier molecular flexibility index (Phi) is 2.54. The SMILES string of the molecule is CN(c1ccccn1)S(=O)(=O)Cl. The lowest BCUT2D eigenvalue weighted by atomic mass is 10.5. The average Bonchev–Trinajstić information content (AvgIpc) is 2.03. The first kappa shape index (κ1) is 9.28. The van der Waals surface area contributed by atoms with Gasteiger partial charge in [-0.05, 0) is 12.1 Å². The van der Waals surface area contributed by atoms with Crippen LogP contribution in [0.3, 0.4) is 0 Å². The Morgan fingerprint density at radius 1 is 1.50 bits per heavy atom. The van der Waals surface area contributed by atoms with Crippen LogP contribution >= 0.6 is 10.7 Å². The minimum absolute atomic E-state index is 0.299. The lowest BCUT2D eigenvalue weighted by Crippen LogP contribution is -2.21. The number of anilines is 1. The van der Waals surface area contributed by atoms with Crippen LogP contribution in [-0.2, 0) is 9.24 Å². The summed E-state index contributed by atoms with van der Waals surface area (Å²) in [5.74, 6) is 0.299. The van der Waals surface area contributed by atoms with E-state index in [1.54, 1.807) is 18.2 Å². The molecule has 1 aromatic heterocycles. The summed E-state index contributed by atoms with van der Waals surface area (Å²) >= 11 is 0. The molecule has 0 unspecified atom stereocenters. The van der Waals surface area contributed by atoms with Crippen LogP contribution in [-0.4, -0.2) is 20.4 Å². The molecule has 0 aromatic carbocycles. The topological polar surface area (TPSA) is 50.3 Å². The molecule has 0 bridgehead atoms. The Labute approximate surface area is 75.3 Å². The van der Waals surface area contributed by atoms with E-state index in [0.717, 1.165) is 4.31 Å². The number of halogens is 1. The molecule has 0 aliphatic carbocycles. The Morgan fingerprint density at radius 3 is 2.58 bits per heavy atom. The molecular formula is C6H7ClN2O2S. The van der Waals surface area contributed by atoms with Gasteiger partial charge in [0.05, 0.1) is 0 Å². The molecule has 1 aromatic rings. The number of hydrogen-bond acceptors (Lipinski definition) is 3. The number of pyridine rings is 1. The van der Waals surface area contributed by atoms with E-state index in [0.29, 0.717) is 5.82 Å². The second kappa shape index (κ2) is 3.28. The van der Waals surface area contributed by atoms with Crippen LogP contribution in [0.2, 0.25) is 0 Å². The van der Waals surface area contributed by atoms with Gasteiger partial charge in [0.1, 0.15) is 5.82 Å². The summed E-state index contributed by atoms with van der Waals surface area (Å²) < 4.78 is 22.5. The van der Waals surface area contributed by atoms with Gasteiger partial charge in [-0.1, -0.05) is 6.07 Å². The van der Waals surface area contributed by atoms with E-state index >= 15 is 0 Å². The second-order valence-corrected chi connectivity index (χ2v) is 4.64. The van der Waals surface area contributed by atoms with Gasteiger partial charge >= 0.3 is 9.24 Å². The van der Waals surface area contributed by atoms with Crippen molar-refractivity contribution in [1.82, 2.24) is 4.98 Å². The highest BCUT2D eigenvalue weighted by Gasteiger charge is 2.14. The van der Waals surface area contributed by atoms with Crippen molar-refractivity contribution < 1.29 is 8.42 Å². The molecule has 0 amide bonds. The normalized spacial score (nSPS) is 11.2. The van der Waals surface area contributed by atoms with E-state index in [4.69, 9.17) is 10.7 Å². The minimum Gasteiger partial charge on any atom is -0.244 e. The van der Waals surface area contributed by atoms with Crippen LogP contribution in [0.15, 0.2) is 24.4 Å². The third-order valence-corrected chi connectivity index (χ3v) is 2.76. The fourth-order valence-electron chi connectivity index (χ4n) is 0.652. The highest BCUT2D eigenvalue weighted by Crippen LogP contribution is 2.13. The molecule has 0 spiro atoms. The van der Waals surface area contributed by atoms with Gasteiger partial charge in [0.15, 0.2) is 0 Å². The van der Waals surface area contributed by atoms with Crippen molar-refractivity contribution in [3.63, 3.8) is 0 Å². The number of nitrogens with zero attached hydrogens (tertiary/aromatic N) is 2. The van der Waals surface area contributed by atoms with Gasteiger partial charge in [-0.25, -0.2) is 9.29 Å². The summed E-state index contributed by atoms with van der Waals surface area (Å²) in [5, 5.41) is 0. The van der Waals surface area contributed by atoms with Crippen LogP contribution in [0, 0.1) is 0 Å². The Balaban J connectivity index is 3.02. The Hall–Kier alpha value is -0.810. The van der Waals surface area contributed by atoms with Gasteiger partial charge in [-0.2, -0.15) is 8.42 Å². The van der Waals surface area contributed by atoms with E-state index in [1.165, 1.54) is 13.2 Å². The van der Waals surface area contributed by atoms with Gasteiger partial charge < -0.3 is 0 Å². The molecule has 0 aliphatic rings. The quantitative estimate of drug-likeness (QED) is 0.679. The molecular weight excluding hydrogens is 200 g/mol. The fraction of sp³-hybridized carbons (Fsp3) is 0.167. The summed E-state index contributed by atoms with van der Waals surface area (Å²) in [5.41, 5.74) is 0. The zero-order chi connectivity index (χ0) is 9.19. The molecule has 0 radical (unpaired) electrons. The molecule has 4 nitrogen and oxygen atoms in total. The molecule has 0 aliphatic heterocycles. The van der Waals surface area contributed by atoms with Crippen LogP contribution in [0.5, 0.6) is 0 Å². The van der Waals surface area contributed by atoms with Crippen LogP contribution < -0.4 is 4.31 Å². The third kappa shape index (κ3) is 2.09. The van der Waals surface area contributed by atoms with Crippen LogP contribution in [0.25, 0.3) is 0 Å². The van der Waals surface area contributed by atoms with Gasteiger partial charge in [-0.3, -0.25) is 0 Å². The van der Waals surface area contributed by atoms with E-state index in [1.807, 2.05) is 0 Å². The average molecular weight is 207 g/mol. The van der Waals surface area contributed by atoms with Gasteiger partial charge in [0.25, 0.3) is 0 Å². The van der Waals surface area contributed by atoms with Gasteiger partial charge in [-0.15, -0.1) is 0 Å². The lowest BCUT2D eigenvalue weighted by Gasteiger charge is -2.12. The summed E-state index contributed by atoms with van der Waals surface area (Å²) in [6.45, 7) is 0. The summed E-state index contributed by atoms with van der Waals surface area (Å²) in [7, 11) is 2.70. The first-order chi connectivity index (χ1) is 5.52. The summed E-state index contributed by atoms with van der Waals surface area (Å²) in [6, 6.07) is 4.93. The molecule has 66 valence electrons. The molecule has 0 N–H and O–H groups in total. The second-order valence-electron chi connectivity index (χ2n) is 2.10. The van der Waals surface area contributed by atoms with Crippen molar-refractivity contribution in [2.24, 2.45) is 0 Å².